The Morgan fingerprint density at radius 3 is 2.65 bits per heavy atom. The number of amides is 1. The summed E-state index contributed by atoms with van der Waals surface area (Å²) in [5, 5.41) is 13.7. The Morgan fingerprint density at radius 2 is 2.04 bits per heavy atom. The van der Waals surface area contributed by atoms with Crippen molar-refractivity contribution in [3.8, 4) is 22.8 Å². The first kappa shape index (κ1) is 20.4. The third-order valence-corrected chi connectivity index (χ3v) is 4.59. The number of alkyl halides is 1. The van der Waals surface area contributed by atoms with Crippen LogP contribution in [0.4, 0.5) is 14.7 Å². The Hall–Kier alpha value is -1.87. The number of halogens is 3. The summed E-state index contributed by atoms with van der Waals surface area (Å²) in [5.41, 5.74) is -0.260. The maximum Gasteiger partial charge on any atom is 0.245 e. The van der Waals surface area contributed by atoms with E-state index in [0.29, 0.717) is 11.8 Å². The zero-order valence-electron chi connectivity index (χ0n) is 14.7. The van der Waals surface area contributed by atoms with Crippen LogP contribution in [-0.2, 0) is 4.79 Å². The SMILES string of the molecule is C[Si](C)(C)Oc1c(NC(=O)CCCBr)oc(-c2cc(F)ccc2F)c1O. The Kier molecular flexibility index (Phi) is 6.46. The van der Waals surface area contributed by atoms with Crippen molar-refractivity contribution in [2.75, 3.05) is 10.6 Å². The average Bonchev–Trinajstić information content (AvgIpc) is 2.83. The van der Waals surface area contributed by atoms with E-state index in [1.165, 1.54) is 0 Å². The first-order valence-corrected chi connectivity index (χ1v) is 12.5. The van der Waals surface area contributed by atoms with Gasteiger partial charge in [0.25, 0.3) is 0 Å². The van der Waals surface area contributed by atoms with E-state index < -0.39 is 25.7 Å². The summed E-state index contributed by atoms with van der Waals surface area (Å²) in [5.74, 6) is -2.78. The first-order valence-electron chi connectivity index (χ1n) is 7.98. The lowest BCUT2D eigenvalue weighted by atomic mass is 10.1. The molecule has 1 aromatic heterocycles. The lowest BCUT2D eigenvalue weighted by molar-refractivity contribution is -0.116. The van der Waals surface area contributed by atoms with Crippen LogP contribution in [0.3, 0.4) is 0 Å². The number of benzene rings is 1. The van der Waals surface area contributed by atoms with E-state index in [0.717, 1.165) is 18.2 Å². The fraction of sp³-hybridized carbons (Fsp3) is 0.353. The van der Waals surface area contributed by atoms with Crippen molar-refractivity contribution >= 4 is 36.0 Å². The van der Waals surface area contributed by atoms with E-state index in [9.17, 15) is 18.7 Å². The van der Waals surface area contributed by atoms with Crippen LogP contribution in [0.1, 0.15) is 12.8 Å². The molecule has 9 heteroatoms. The number of aromatic hydroxyl groups is 1. The molecule has 1 aromatic carbocycles. The van der Waals surface area contributed by atoms with Gasteiger partial charge in [-0.3, -0.25) is 10.1 Å². The van der Waals surface area contributed by atoms with Gasteiger partial charge in [0.15, 0.2) is 5.76 Å². The topological polar surface area (TPSA) is 71.7 Å². The molecular weight excluding hydrogens is 428 g/mol. The highest BCUT2D eigenvalue weighted by atomic mass is 79.9. The van der Waals surface area contributed by atoms with Crippen molar-refractivity contribution < 1.29 is 27.5 Å². The largest absolute Gasteiger partial charge is 0.538 e. The van der Waals surface area contributed by atoms with Gasteiger partial charge in [-0.15, -0.1) is 0 Å². The molecule has 26 heavy (non-hydrogen) atoms. The molecule has 0 saturated heterocycles. The summed E-state index contributed by atoms with van der Waals surface area (Å²) in [7, 11) is -2.20. The molecule has 0 radical (unpaired) electrons. The van der Waals surface area contributed by atoms with Crippen molar-refractivity contribution in [3.63, 3.8) is 0 Å². The molecule has 2 N–H and O–H groups in total. The highest BCUT2D eigenvalue weighted by molar-refractivity contribution is 9.09. The molecule has 0 bridgehead atoms. The number of rotatable bonds is 7. The molecule has 2 rings (SSSR count). The van der Waals surface area contributed by atoms with Crippen molar-refractivity contribution in [1.82, 2.24) is 0 Å². The summed E-state index contributed by atoms with van der Waals surface area (Å²) < 4.78 is 38.8. The number of hydrogen-bond acceptors (Lipinski definition) is 4. The molecule has 0 fully saturated rings. The van der Waals surface area contributed by atoms with Gasteiger partial charge in [-0.25, -0.2) is 8.78 Å². The molecule has 5 nitrogen and oxygen atoms in total. The van der Waals surface area contributed by atoms with Gasteiger partial charge < -0.3 is 13.9 Å². The lowest BCUT2D eigenvalue weighted by Gasteiger charge is -2.18. The zero-order valence-corrected chi connectivity index (χ0v) is 17.2. The van der Waals surface area contributed by atoms with Crippen LogP contribution in [0.25, 0.3) is 11.3 Å². The fourth-order valence-electron chi connectivity index (χ4n) is 2.16. The van der Waals surface area contributed by atoms with Gasteiger partial charge in [-0.05, 0) is 44.3 Å². The first-order chi connectivity index (χ1) is 12.1. The molecule has 0 saturated carbocycles. The van der Waals surface area contributed by atoms with Crippen LogP contribution in [0.2, 0.25) is 19.6 Å². The second kappa shape index (κ2) is 8.21. The molecule has 0 aliphatic heterocycles. The second-order valence-electron chi connectivity index (χ2n) is 6.62. The summed E-state index contributed by atoms with van der Waals surface area (Å²) in [6.45, 7) is 5.62. The van der Waals surface area contributed by atoms with Crippen LogP contribution in [-0.4, -0.2) is 24.7 Å². The van der Waals surface area contributed by atoms with Crippen molar-refractivity contribution in [1.29, 1.82) is 0 Å². The predicted octanol–water partition coefficient (Wildman–Crippen LogP) is 5.26. The third-order valence-electron chi connectivity index (χ3n) is 3.21. The van der Waals surface area contributed by atoms with Gasteiger partial charge >= 0.3 is 0 Å². The highest BCUT2D eigenvalue weighted by Crippen LogP contribution is 2.47. The molecule has 0 unspecified atom stereocenters. The smallest absolute Gasteiger partial charge is 0.245 e. The minimum atomic E-state index is -2.20. The average molecular weight is 448 g/mol. The lowest BCUT2D eigenvalue weighted by Crippen LogP contribution is -2.29. The van der Waals surface area contributed by atoms with Crippen LogP contribution in [0, 0.1) is 11.6 Å². The fourth-order valence-corrected chi connectivity index (χ4v) is 3.24. The minimum Gasteiger partial charge on any atom is -0.538 e. The summed E-state index contributed by atoms with van der Waals surface area (Å²) >= 11 is 3.24. The van der Waals surface area contributed by atoms with Gasteiger partial charge in [-0.2, -0.15) is 0 Å². The van der Waals surface area contributed by atoms with Crippen molar-refractivity contribution in [3.05, 3.63) is 29.8 Å². The number of carbonyl (C=O) groups is 1. The second-order valence-corrected chi connectivity index (χ2v) is 11.8. The monoisotopic (exact) mass is 447 g/mol. The Balaban J connectivity index is 2.49. The summed E-state index contributed by atoms with van der Waals surface area (Å²) in [6, 6.07) is 2.80. The minimum absolute atomic E-state index is 0.0741. The van der Waals surface area contributed by atoms with Crippen LogP contribution < -0.4 is 9.74 Å². The quantitative estimate of drug-likeness (QED) is 0.448. The van der Waals surface area contributed by atoms with Crippen LogP contribution in [0.5, 0.6) is 11.5 Å². The molecular formula is C17H20BrF2NO4Si. The number of anilines is 1. The number of hydrogen-bond donors (Lipinski definition) is 2. The number of furan rings is 1. The van der Waals surface area contributed by atoms with Crippen molar-refractivity contribution in [2.45, 2.75) is 32.5 Å². The van der Waals surface area contributed by atoms with Crippen molar-refractivity contribution in [2.24, 2.45) is 0 Å². The Morgan fingerprint density at radius 1 is 1.35 bits per heavy atom. The van der Waals surface area contributed by atoms with E-state index in [4.69, 9.17) is 8.84 Å². The number of nitrogens with one attached hydrogen (secondary N) is 1. The summed E-state index contributed by atoms with van der Waals surface area (Å²) in [4.78, 5) is 12.0. The Bertz CT molecular complexity index is 805. The molecule has 0 atom stereocenters. The molecule has 1 heterocycles. The maximum atomic E-state index is 14.1. The van der Waals surface area contributed by atoms with E-state index in [1.54, 1.807) is 0 Å². The molecule has 0 aliphatic rings. The van der Waals surface area contributed by atoms with E-state index in [1.807, 2.05) is 19.6 Å². The van der Waals surface area contributed by atoms with Gasteiger partial charge in [0.1, 0.15) is 11.6 Å². The van der Waals surface area contributed by atoms with Gasteiger partial charge in [0.05, 0.1) is 5.56 Å². The van der Waals surface area contributed by atoms with Gasteiger partial charge in [0.2, 0.25) is 31.6 Å². The number of carbonyl (C=O) groups excluding carboxylic acids is 1. The van der Waals surface area contributed by atoms with E-state index in [-0.39, 0.29) is 35.3 Å². The van der Waals surface area contributed by atoms with Crippen LogP contribution >= 0.6 is 15.9 Å². The molecule has 142 valence electrons. The third kappa shape index (κ3) is 5.07. The highest BCUT2D eigenvalue weighted by Gasteiger charge is 2.29. The zero-order chi connectivity index (χ0) is 19.5. The maximum absolute atomic E-state index is 14.1. The molecule has 0 aliphatic carbocycles. The van der Waals surface area contributed by atoms with Gasteiger partial charge in [0, 0.05) is 11.8 Å². The van der Waals surface area contributed by atoms with Gasteiger partial charge in [-0.1, -0.05) is 15.9 Å². The Labute approximate surface area is 159 Å². The normalized spacial score (nSPS) is 11.5. The summed E-state index contributed by atoms with van der Waals surface area (Å²) in [6.07, 6.45) is 0.830. The predicted molar refractivity (Wildman–Crippen MR) is 101 cm³/mol. The van der Waals surface area contributed by atoms with Crippen LogP contribution in [0.15, 0.2) is 22.6 Å². The van der Waals surface area contributed by atoms with E-state index in [2.05, 4.69) is 21.2 Å². The molecule has 2 aromatic rings. The van der Waals surface area contributed by atoms with E-state index >= 15 is 0 Å². The molecule has 0 spiro atoms. The molecule has 1 amide bonds. The standard InChI is InChI=1S/C17H20BrF2NO4Si/c1-26(2,3)25-16-14(23)15(11-9-10(19)6-7-12(11)20)24-17(16)21-13(22)5-4-8-18/h6-7,9,23H,4-5,8H2,1-3H3,(H,21,22).